The quantitative estimate of drug-likeness (QED) is 0.160. The first-order valence-corrected chi connectivity index (χ1v) is 32.2. The third kappa shape index (κ3) is 6.64. The van der Waals surface area contributed by atoms with Crippen LogP contribution >= 0.6 is 0 Å². The predicted octanol–water partition coefficient (Wildman–Crippen LogP) is 21.9. The Morgan fingerprint density at radius 1 is 0.191 bits per heavy atom. The summed E-state index contributed by atoms with van der Waals surface area (Å²) >= 11 is 0. The zero-order valence-corrected chi connectivity index (χ0v) is 50.4. The van der Waals surface area contributed by atoms with Gasteiger partial charge >= 0.3 is 0 Å². The molecule has 434 valence electrons. The van der Waals surface area contributed by atoms with Crippen LogP contribution in [0, 0.1) is 0 Å². The average molecular weight is 1200 g/mol. The molecule has 0 saturated carbocycles. The normalized spacial score (nSPS) is 12.5. The largest absolute Gasteiger partial charge is 0.309 e. The van der Waals surface area contributed by atoms with E-state index < -0.39 is 0 Å². The van der Waals surface area contributed by atoms with Gasteiger partial charge in [-0.05, 0) is 132 Å². The van der Waals surface area contributed by atoms with Gasteiger partial charge in [-0.15, -0.1) is 0 Å². The van der Waals surface area contributed by atoms with E-state index in [2.05, 4.69) is 330 Å². The molecule has 0 bridgehead atoms. The van der Waals surface area contributed by atoms with Crippen molar-refractivity contribution in [1.82, 2.24) is 37.0 Å². The molecule has 10 heterocycles. The highest BCUT2D eigenvalue weighted by Crippen LogP contribution is 2.46. The second-order valence-electron chi connectivity index (χ2n) is 25.3. The number of para-hydroxylation sites is 5. The SMILES string of the molecule is c1ccc(-c2nc3cccc4c5cc(-n6c7ccccc7c7cc(-n8c9ccccc9c9cc(-c%10ccccc%10-c%10nc%11cccc%12c%13cc(-n%14c%15ccccc%15c%15ccc(-n%16c%17ccccc%17c%17ccccc%17%16)cc%15%14)ccc%13c%10n%11%12)ccc98)ccc76)ccc5c2n34)cc1. The number of rotatable bonds is 7. The van der Waals surface area contributed by atoms with Crippen molar-refractivity contribution < 1.29 is 0 Å². The molecule has 0 fully saturated rings. The standard InChI is InChI=1S/C86H50N8/c1-2-18-51(19-3-1)83-85-65-42-38-53(48-69(65)76-32-16-34-81(87-83)93(76)85)89-75-31-15-10-25-62(75)68-47-55(40-45-79(68)89)90-74-30-14-9-24-61(74)67-46-52(36-44-78(67)90)57-20-4-5-26-64(57)84-86-66-43-39-54(49-70(66)77-33-17-35-82(88-84)94(77)86)92-73-29-13-8-23-60(73)63-41-37-56(50-80(63)92)91-71-27-11-6-21-58(71)59-22-7-12-28-72(59)91/h1-50H. The molecule has 12 aromatic carbocycles. The highest BCUT2D eigenvalue weighted by atomic mass is 15.1. The van der Waals surface area contributed by atoms with Crippen LogP contribution < -0.4 is 0 Å². The van der Waals surface area contributed by atoms with Gasteiger partial charge in [0, 0.05) is 98.5 Å². The molecule has 8 nitrogen and oxygen atoms in total. The lowest BCUT2D eigenvalue weighted by atomic mass is 9.95. The van der Waals surface area contributed by atoms with Crippen molar-refractivity contribution in [3.63, 3.8) is 0 Å². The fraction of sp³-hybridized carbons (Fsp3) is 0. The number of aromatic nitrogens is 8. The Balaban J connectivity index is 0.669. The molecule has 22 aromatic rings. The summed E-state index contributed by atoms with van der Waals surface area (Å²) in [6.45, 7) is 0. The molecule has 0 atom stereocenters. The molecule has 0 aliphatic heterocycles. The minimum Gasteiger partial charge on any atom is -0.309 e. The maximum atomic E-state index is 5.52. The van der Waals surface area contributed by atoms with E-state index in [-0.39, 0.29) is 0 Å². The average Bonchev–Trinajstić information content (AvgIpc) is 1.57. The van der Waals surface area contributed by atoms with Gasteiger partial charge in [0.2, 0.25) is 0 Å². The van der Waals surface area contributed by atoms with Gasteiger partial charge in [0.25, 0.3) is 0 Å². The van der Waals surface area contributed by atoms with E-state index in [0.29, 0.717) is 0 Å². The molecule has 8 heteroatoms. The van der Waals surface area contributed by atoms with Crippen molar-refractivity contribution in [2.45, 2.75) is 0 Å². The Hall–Kier alpha value is -12.8. The van der Waals surface area contributed by atoms with Crippen LogP contribution in [0.15, 0.2) is 303 Å². The summed E-state index contributed by atoms with van der Waals surface area (Å²) in [5.41, 5.74) is 26.8. The molecule has 0 radical (unpaired) electrons. The van der Waals surface area contributed by atoms with Crippen LogP contribution in [-0.4, -0.2) is 37.0 Å². The Labute approximate surface area is 535 Å². The number of pyridine rings is 2. The van der Waals surface area contributed by atoms with Gasteiger partial charge in [0.1, 0.15) is 11.3 Å². The molecule has 10 aromatic heterocycles. The van der Waals surface area contributed by atoms with Crippen LogP contribution in [0.5, 0.6) is 0 Å². The number of imidazole rings is 2. The zero-order valence-electron chi connectivity index (χ0n) is 50.4. The van der Waals surface area contributed by atoms with E-state index in [4.69, 9.17) is 9.97 Å². The molecule has 0 saturated heterocycles. The molecule has 0 amide bonds. The first-order valence-electron chi connectivity index (χ1n) is 32.2. The number of hydrogen-bond acceptors (Lipinski definition) is 2. The van der Waals surface area contributed by atoms with E-state index in [1.54, 1.807) is 0 Å². The number of hydrogen-bond donors (Lipinski definition) is 0. The minimum absolute atomic E-state index is 0.928. The van der Waals surface area contributed by atoms with Crippen LogP contribution in [-0.2, 0) is 0 Å². The molecular formula is C86H50N8. The maximum Gasteiger partial charge on any atom is 0.138 e. The molecule has 0 aliphatic carbocycles. The Kier molecular flexibility index (Phi) is 9.81. The van der Waals surface area contributed by atoms with Crippen molar-refractivity contribution in [3.8, 4) is 56.4 Å². The summed E-state index contributed by atoms with van der Waals surface area (Å²) in [7, 11) is 0. The highest BCUT2D eigenvalue weighted by molar-refractivity contribution is 6.19. The second-order valence-corrected chi connectivity index (χ2v) is 25.3. The lowest BCUT2D eigenvalue weighted by Crippen LogP contribution is -1.97. The van der Waals surface area contributed by atoms with Crippen LogP contribution in [0.2, 0.25) is 0 Å². The fourth-order valence-corrected chi connectivity index (χ4v) is 16.6. The monoisotopic (exact) mass is 1190 g/mol. The lowest BCUT2D eigenvalue weighted by Gasteiger charge is -2.12. The summed E-state index contributed by atoms with van der Waals surface area (Å²) in [6.07, 6.45) is 0. The van der Waals surface area contributed by atoms with Gasteiger partial charge in [-0.25, -0.2) is 9.97 Å². The molecule has 22 rings (SSSR count). The van der Waals surface area contributed by atoms with Crippen LogP contribution in [0.25, 0.3) is 199 Å². The smallest absolute Gasteiger partial charge is 0.138 e. The van der Waals surface area contributed by atoms with Gasteiger partial charge in [0.15, 0.2) is 0 Å². The first kappa shape index (κ1) is 50.0. The molecule has 0 N–H and O–H groups in total. The minimum atomic E-state index is 0.928. The number of benzene rings is 12. The summed E-state index contributed by atoms with van der Waals surface area (Å²) < 4.78 is 14.5. The Morgan fingerprint density at radius 3 is 1.07 bits per heavy atom. The first-order chi connectivity index (χ1) is 46.6. The van der Waals surface area contributed by atoms with Crippen LogP contribution in [0.1, 0.15) is 0 Å². The summed E-state index contributed by atoms with van der Waals surface area (Å²) in [6, 6.07) is 112. The lowest BCUT2D eigenvalue weighted by molar-refractivity contribution is 1.16. The van der Waals surface area contributed by atoms with Gasteiger partial charge in [0.05, 0.1) is 77.6 Å². The zero-order chi connectivity index (χ0) is 61.0. The van der Waals surface area contributed by atoms with E-state index in [1.807, 2.05) is 0 Å². The highest BCUT2D eigenvalue weighted by Gasteiger charge is 2.26. The van der Waals surface area contributed by atoms with E-state index in [0.717, 1.165) is 112 Å². The summed E-state index contributed by atoms with van der Waals surface area (Å²) in [5.74, 6) is 0. The Morgan fingerprint density at radius 2 is 0.543 bits per heavy atom. The van der Waals surface area contributed by atoms with Crippen molar-refractivity contribution in [2.24, 2.45) is 0 Å². The molecule has 94 heavy (non-hydrogen) atoms. The maximum absolute atomic E-state index is 5.52. The van der Waals surface area contributed by atoms with Crippen molar-refractivity contribution >= 4 is 142 Å². The molecule has 0 aliphatic rings. The summed E-state index contributed by atoms with van der Waals surface area (Å²) in [4.78, 5) is 10.7. The number of fused-ring (bicyclic) bond motifs is 18. The van der Waals surface area contributed by atoms with Gasteiger partial charge < -0.3 is 18.3 Å². The van der Waals surface area contributed by atoms with Crippen molar-refractivity contribution in [1.29, 1.82) is 0 Å². The van der Waals surface area contributed by atoms with Crippen LogP contribution in [0.3, 0.4) is 0 Å². The fourth-order valence-electron chi connectivity index (χ4n) is 16.6. The molecule has 0 unspecified atom stereocenters. The third-order valence-electron chi connectivity index (χ3n) is 20.5. The Bertz CT molecular complexity index is 6930. The van der Waals surface area contributed by atoms with Gasteiger partial charge in [-0.1, -0.05) is 182 Å². The molecule has 0 spiro atoms. The van der Waals surface area contributed by atoms with E-state index in [1.165, 1.54) is 86.7 Å². The second kappa shape index (κ2) is 18.4. The molecular weight excluding hydrogens is 1150 g/mol. The van der Waals surface area contributed by atoms with E-state index >= 15 is 0 Å². The topological polar surface area (TPSA) is 54.3 Å². The van der Waals surface area contributed by atoms with Gasteiger partial charge in [-0.2, -0.15) is 0 Å². The summed E-state index contributed by atoms with van der Waals surface area (Å²) in [5, 5.41) is 14.5. The van der Waals surface area contributed by atoms with Gasteiger partial charge in [-0.3, -0.25) is 8.80 Å². The predicted molar refractivity (Wildman–Crippen MR) is 390 cm³/mol. The van der Waals surface area contributed by atoms with Crippen molar-refractivity contribution in [3.05, 3.63) is 303 Å². The number of nitrogens with zero attached hydrogens (tertiary/aromatic N) is 8. The van der Waals surface area contributed by atoms with E-state index in [9.17, 15) is 0 Å². The van der Waals surface area contributed by atoms with Crippen molar-refractivity contribution in [2.75, 3.05) is 0 Å². The third-order valence-corrected chi connectivity index (χ3v) is 20.5. The van der Waals surface area contributed by atoms with Crippen LogP contribution in [0.4, 0.5) is 0 Å².